The molecule has 2 aromatic rings. The van der Waals surface area contributed by atoms with E-state index in [1.54, 1.807) is 0 Å². The third-order valence-corrected chi connectivity index (χ3v) is 3.06. The van der Waals surface area contributed by atoms with Crippen molar-refractivity contribution in [3.8, 4) is 5.88 Å². The average molecular weight is 350 g/mol. The summed E-state index contributed by atoms with van der Waals surface area (Å²) in [6.07, 6.45) is 1.29. The number of anilines is 2. The normalized spacial score (nSPS) is 11.1. The lowest BCUT2D eigenvalue weighted by atomic mass is 9.97. The van der Waals surface area contributed by atoms with Crippen LogP contribution in [0.5, 0.6) is 5.88 Å². The van der Waals surface area contributed by atoms with Crippen LogP contribution in [0.4, 0.5) is 20.3 Å². The molecule has 1 aromatic heterocycles. The molecular formula is C17H20F2N4O2. The van der Waals surface area contributed by atoms with Crippen molar-refractivity contribution >= 4 is 17.4 Å². The van der Waals surface area contributed by atoms with Gasteiger partial charge in [-0.25, -0.2) is 13.8 Å². The summed E-state index contributed by atoms with van der Waals surface area (Å²) in [6, 6.07) is 2.99. The van der Waals surface area contributed by atoms with E-state index in [0.29, 0.717) is 6.54 Å². The molecule has 134 valence electrons. The van der Waals surface area contributed by atoms with Gasteiger partial charge in [0.15, 0.2) is 11.5 Å². The first-order valence-corrected chi connectivity index (χ1v) is 7.60. The van der Waals surface area contributed by atoms with E-state index in [9.17, 15) is 13.6 Å². The monoisotopic (exact) mass is 350 g/mol. The Morgan fingerprint density at radius 2 is 1.84 bits per heavy atom. The topological polar surface area (TPSA) is 76.1 Å². The maximum absolute atomic E-state index is 13.2. The van der Waals surface area contributed by atoms with Gasteiger partial charge in [0.2, 0.25) is 5.88 Å². The third-order valence-electron chi connectivity index (χ3n) is 3.06. The summed E-state index contributed by atoms with van der Waals surface area (Å²) in [5.41, 5.74) is 0.112. The number of amides is 1. The number of methoxy groups -OCH3 is 1. The molecule has 1 aromatic carbocycles. The number of hydrogen-bond acceptors (Lipinski definition) is 5. The number of rotatable bonds is 5. The van der Waals surface area contributed by atoms with Crippen LogP contribution in [0.1, 0.15) is 31.3 Å². The number of hydrogen-bond donors (Lipinski definition) is 2. The van der Waals surface area contributed by atoms with Gasteiger partial charge >= 0.3 is 0 Å². The van der Waals surface area contributed by atoms with Crippen LogP contribution in [-0.4, -0.2) is 29.5 Å². The lowest BCUT2D eigenvalue weighted by molar-refractivity contribution is 0.0930. The van der Waals surface area contributed by atoms with E-state index in [-0.39, 0.29) is 28.5 Å². The fraction of sp³-hybridized carbons (Fsp3) is 0.353. The molecule has 6 nitrogen and oxygen atoms in total. The third kappa shape index (κ3) is 5.37. The molecule has 0 saturated heterocycles. The predicted octanol–water partition coefficient (Wildman–Crippen LogP) is 3.28. The van der Waals surface area contributed by atoms with Gasteiger partial charge in [-0.15, -0.1) is 0 Å². The minimum Gasteiger partial charge on any atom is -0.479 e. The zero-order chi connectivity index (χ0) is 18.6. The van der Waals surface area contributed by atoms with Crippen LogP contribution >= 0.6 is 0 Å². The standard InChI is InChI=1S/C17H20F2N4O2/c1-17(2,3)9-21-15(24)14-16(25-4)23-13(8-20-14)22-12-6-10(18)5-11(19)7-12/h5-8H,9H2,1-4H3,(H,21,24)(H,22,23). The Kier molecular flexibility index (Phi) is 5.51. The van der Waals surface area contributed by atoms with E-state index in [4.69, 9.17) is 4.74 Å². The molecule has 0 fully saturated rings. The minimum atomic E-state index is -0.722. The van der Waals surface area contributed by atoms with Gasteiger partial charge in [0.05, 0.1) is 13.3 Å². The number of halogens is 2. The van der Waals surface area contributed by atoms with Crippen molar-refractivity contribution in [2.45, 2.75) is 20.8 Å². The summed E-state index contributed by atoms with van der Waals surface area (Å²) in [7, 11) is 1.36. The number of nitrogens with zero attached hydrogens (tertiary/aromatic N) is 2. The van der Waals surface area contributed by atoms with Gasteiger partial charge in [0.25, 0.3) is 5.91 Å². The van der Waals surface area contributed by atoms with Gasteiger partial charge < -0.3 is 15.4 Å². The largest absolute Gasteiger partial charge is 0.479 e. The van der Waals surface area contributed by atoms with Crippen LogP contribution in [0, 0.1) is 17.0 Å². The van der Waals surface area contributed by atoms with E-state index in [1.807, 2.05) is 20.8 Å². The summed E-state index contributed by atoms with van der Waals surface area (Å²) in [4.78, 5) is 20.4. The Morgan fingerprint density at radius 3 is 2.40 bits per heavy atom. The molecular weight excluding hydrogens is 330 g/mol. The molecule has 0 atom stereocenters. The summed E-state index contributed by atoms with van der Waals surface area (Å²) in [5.74, 6) is -1.66. The molecule has 1 heterocycles. The lowest BCUT2D eigenvalue weighted by Crippen LogP contribution is -2.33. The molecule has 2 rings (SSSR count). The number of benzene rings is 1. The molecule has 0 aliphatic heterocycles. The highest BCUT2D eigenvalue weighted by Crippen LogP contribution is 2.21. The van der Waals surface area contributed by atoms with E-state index in [0.717, 1.165) is 18.2 Å². The molecule has 0 aliphatic rings. The second-order valence-corrected chi connectivity index (χ2v) is 6.64. The summed E-state index contributed by atoms with van der Waals surface area (Å²) >= 11 is 0. The van der Waals surface area contributed by atoms with Crippen molar-refractivity contribution in [1.29, 1.82) is 0 Å². The van der Waals surface area contributed by atoms with Crippen LogP contribution in [0.15, 0.2) is 24.4 Å². The van der Waals surface area contributed by atoms with Crippen molar-refractivity contribution in [3.63, 3.8) is 0 Å². The van der Waals surface area contributed by atoms with E-state index in [1.165, 1.54) is 13.3 Å². The van der Waals surface area contributed by atoms with Gasteiger partial charge in [-0.2, -0.15) is 4.98 Å². The Bertz CT molecular complexity index is 755. The Hall–Kier alpha value is -2.77. The first-order valence-electron chi connectivity index (χ1n) is 7.60. The van der Waals surface area contributed by atoms with Crippen LogP contribution in [0.25, 0.3) is 0 Å². The molecule has 0 saturated carbocycles. The SMILES string of the molecule is COc1nc(Nc2cc(F)cc(F)c2)cnc1C(=O)NCC(C)(C)C. The highest BCUT2D eigenvalue weighted by Gasteiger charge is 2.19. The molecule has 25 heavy (non-hydrogen) atoms. The Morgan fingerprint density at radius 1 is 1.20 bits per heavy atom. The van der Waals surface area contributed by atoms with E-state index in [2.05, 4.69) is 20.6 Å². The molecule has 0 bridgehead atoms. The molecule has 0 aliphatic carbocycles. The Balaban J connectivity index is 2.19. The second kappa shape index (κ2) is 7.42. The molecule has 2 N–H and O–H groups in total. The van der Waals surface area contributed by atoms with Gasteiger partial charge in [-0.3, -0.25) is 4.79 Å². The summed E-state index contributed by atoms with van der Waals surface area (Å²) in [5, 5.41) is 5.47. The van der Waals surface area contributed by atoms with Crippen LogP contribution in [0.3, 0.4) is 0 Å². The van der Waals surface area contributed by atoms with Crippen molar-refractivity contribution in [1.82, 2.24) is 15.3 Å². The molecule has 0 radical (unpaired) electrons. The van der Waals surface area contributed by atoms with Gasteiger partial charge in [-0.1, -0.05) is 20.8 Å². The maximum Gasteiger partial charge on any atom is 0.275 e. The number of carbonyl (C=O) groups excluding carboxylic acids is 1. The lowest BCUT2D eigenvalue weighted by Gasteiger charge is -2.18. The van der Waals surface area contributed by atoms with Crippen molar-refractivity contribution in [3.05, 3.63) is 41.7 Å². The minimum absolute atomic E-state index is 0.00767. The number of nitrogens with one attached hydrogen (secondary N) is 2. The Labute approximate surface area is 144 Å². The van der Waals surface area contributed by atoms with E-state index < -0.39 is 17.5 Å². The quantitative estimate of drug-likeness (QED) is 0.865. The molecule has 0 unspecified atom stereocenters. The number of ether oxygens (including phenoxy) is 1. The highest BCUT2D eigenvalue weighted by atomic mass is 19.1. The van der Waals surface area contributed by atoms with Crippen LogP contribution in [0.2, 0.25) is 0 Å². The fourth-order valence-electron chi connectivity index (χ4n) is 1.93. The average Bonchev–Trinajstić information content (AvgIpc) is 2.50. The van der Waals surface area contributed by atoms with Crippen LogP contribution in [-0.2, 0) is 0 Å². The molecule has 8 heteroatoms. The summed E-state index contributed by atoms with van der Waals surface area (Å²) in [6.45, 7) is 6.42. The highest BCUT2D eigenvalue weighted by molar-refractivity contribution is 5.94. The number of aromatic nitrogens is 2. The van der Waals surface area contributed by atoms with E-state index >= 15 is 0 Å². The smallest absolute Gasteiger partial charge is 0.275 e. The van der Waals surface area contributed by atoms with Crippen molar-refractivity contribution in [2.24, 2.45) is 5.41 Å². The number of carbonyl (C=O) groups is 1. The first-order chi connectivity index (χ1) is 11.7. The molecule has 0 spiro atoms. The molecule has 1 amide bonds. The zero-order valence-electron chi connectivity index (χ0n) is 14.5. The van der Waals surface area contributed by atoms with Crippen molar-refractivity contribution < 1.29 is 18.3 Å². The second-order valence-electron chi connectivity index (χ2n) is 6.64. The van der Waals surface area contributed by atoms with Gasteiger partial charge in [0.1, 0.15) is 11.6 Å². The van der Waals surface area contributed by atoms with Crippen LogP contribution < -0.4 is 15.4 Å². The maximum atomic E-state index is 13.2. The first kappa shape index (κ1) is 18.6. The van der Waals surface area contributed by atoms with Crippen molar-refractivity contribution in [2.75, 3.05) is 19.0 Å². The zero-order valence-corrected chi connectivity index (χ0v) is 14.5. The fourth-order valence-corrected chi connectivity index (χ4v) is 1.93. The predicted molar refractivity (Wildman–Crippen MR) is 90.0 cm³/mol. The van der Waals surface area contributed by atoms with Gasteiger partial charge in [0, 0.05) is 18.3 Å². The summed E-state index contributed by atoms with van der Waals surface area (Å²) < 4.78 is 31.6. The van der Waals surface area contributed by atoms with Gasteiger partial charge in [-0.05, 0) is 17.5 Å².